The minimum atomic E-state index is -3.56. The highest BCUT2D eigenvalue weighted by atomic mass is 32.2. The number of hydrogen-bond acceptors (Lipinski definition) is 10. The zero-order valence-electron chi connectivity index (χ0n) is 19.8. The molecule has 0 unspecified atom stereocenters. The van der Waals surface area contributed by atoms with Crippen LogP contribution in [0.3, 0.4) is 0 Å². The molecule has 7 N–H and O–H groups in total. The summed E-state index contributed by atoms with van der Waals surface area (Å²) in [4.78, 5) is 40.2. The number of nitrogens with zero attached hydrogens (tertiary/aromatic N) is 1. The number of fused-ring (bicyclic) bond motifs is 3. The molecule has 1 aromatic rings. The molecule has 1 aromatic carbocycles. The molecule has 13 heteroatoms. The van der Waals surface area contributed by atoms with Gasteiger partial charge in [-0.05, 0) is 50.0 Å². The van der Waals surface area contributed by atoms with E-state index in [4.69, 9.17) is 5.73 Å². The molecule has 36 heavy (non-hydrogen) atoms. The first-order valence-electron chi connectivity index (χ1n) is 11.0. The third-order valence-corrected chi connectivity index (χ3v) is 7.89. The first-order chi connectivity index (χ1) is 16.6. The number of phenolic OH excluding ortho intramolecular Hbond substituents is 1. The number of aliphatic hydroxyl groups is 3. The van der Waals surface area contributed by atoms with Gasteiger partial charge in [-0.15, -0.1) is 0 Å². The third-order valence-electron chi connectivity index (χ3n) is 7.23. The predicted molar refractivity (Wildman–Crippen MR) is 126 cm³/mol. The van der Waals surface area contributed by atoms with Crippen molar-refractivity contribution in [2.75, 3.05) is 20.4 Å². The Balaban J connectivity index is 1.92. The van der Waals surface area contributed by atoms with Gasteiger partial charge >= 0.3 is 0 Å². The van der Waals surface area contributed by atoms with E-state index in [2.05, 4.69) is 4.72 Å². The summed E-state index contributed by atoms with van der Waals surface area (Å²) >= 11 is 0. The molecule has 0 bridgehead atoms. The van der Waals surface area contributed by atoms with Gasteiger partial charge in [0.1, 0.15) is 22.8 Å². The summed E-state index contributed by atoms with van der Waals surface area (Å²) < 4.78 is 25.6. The number of nitrogens with one attached hydrogen (secondary N) is 1. The largest absolute Gasteiger partial charge is 0.508 e. The van der Waals surface area contributed by atoms with E-state index >= 15 is 0 Å². The second kappa shape index (κ2) is 8.40. The molecule has 0 saturated heterocycles. The van der Waals surface area contributed by atoms with E-state index in [0.29, 0.717) is 11.1 Å². The Kier molecular flexibility index (Phi) is 6.03. The Morgan fingerprint density at radius 2 is 1.86 bits per heavy atom. The van der Waals surface area contributed by atoms with Crippen LogP contribution in [0.1, 0.15) is 23.1 Å². The van der Waals surface area contributed by atoms with Crippen LogP contribution in [0.5, 0.6) is 5.75 Å². The molecule has 3 aliphatic rings. The number of amides is 1. The van der Waals surface area contributed by atoms with E-state index in [1.165, 1.54) is 31.1 Å². The maximum Gasteiger partial charge on any atom is 0.255 e. The number of phenols is 1. The van der Waals surface area contributed by atoms with Crippen molar-refractivity contribution in [2.45, 2.75) is 31.0 Å². The Bertz CT molecular complexity index is 1380. The number of benzene rings is 1. The fourth-order valence-electron chi connectivity index (χ4n) is 5.68. The molecular weight excluding hydrogens is 494 g/mol. The molecule has 0 aromatic heterocycles. The molecule has 1 saturated carbocycles. The van der Waals surface area contributed by atoms with E-state index < -0.39 is 68.1 Å². The SMILES string of the molecule is CN(C)[C@@H]1C(=O)C(C(N)=O)=C(O)[C@@]2(O)C(=O)C3=C(O)c4c(O)ccc(CNS(C)(=O)=O)c4C[C@H]3C[C@@H]12. The molecule has 4 rings (SSSR count). The molecule has 1 amide bonds. The number of nitrogens with two attached hydrogens (primary N) is 1. The number of carbonyl (C=O) groups is 3. The van der Waals surface area contributed by atoms with Crippen LogP contribution in [-0.2, 0) is 37.4 Å². The smallest absolute Gasteiger partial charge is 0.255 e. The highest BCUT2D eigenvalue weighted by Crippen LogP contribution is 2.52. The standard InChI is InChI=1S/C23H27N3O9S/c1-26(2)17-12-7-10-6-11-9(8-25-36(3,34)35)4-5-13(27)15(11)18(28)14(10)20(30)23(12,33)21(31)16(19(17)29)22(24)32/h4-5,10,12,17,25,27-28,31,33H,6-8H2,1-3H3,(H2,24,32)/t10-,12-,17-,23-/m0/s1. The molecule has 0 heterocycles. The molecule has 194 valence electrons. The molecular formula is C23H27N3O9S. The fraction of sp³-hybridized carbons (Fsp3) is 0.435. The highest BCUT2D eigenvalue weighted by Gasteiger charge is 2.64. The number of Topliss-reactive ketones (excluding diaryl/α,β-unsaturated/α-hetero) is 2. The van der Waals surface area contributed by atoms with E-state index in [9.17, 15) is 43.2 Å². The lowest BCUT2D eigenvalue weighted by Gasteiger charge is -2.50. The summed E-state index contributed by atoms with van der Waals surface area (Å²) in [5.41, 5.74) is 2.18. The van der Waals surface area contributed by atoms with Gasteiger partial charge in [0, 0.05) is 18.0 Å². The average Bonchev–Trinajstić information content (AvgIpc) is 2.74. The van der Waals surface area contributed by atoms with Crippen LogP contribution in [0.25, 0.3) is 5.76 Å². The number of carbonyl (C=O) groups excluding carboxylic acids is 3. The van der Waals surface area contributed by atoms with Crippen molar-refractivity contribution in [1.29, 1.82) is 0 Å². The van der Waals surface area contributed by atoms with Crippen LogP contribution in [0.2, 0.25) is 0 Å². The third kappa shape index (κ3) is 3.70. The summed E-state index contributed by atoms with van der Waals surface area (Å²) in [5, 5.41) is 44.0. The van der Waals surface area contributed by atoms with Crippen molar-refractivity contribution in [1.82, 2.24) is 9.62 Å². The molecule has 1 fully saturated rings. The summed E-state index contributed by atoms with van der Waals surface area (Å²) in [7, 11) is -0.529. The maximum atomic E-state index is 13.7. The number of likely N-dealkylation sites (N-methyl/N-ethyl adjacent to an activating group) is 1. The Morgan fingerprint density at radius 1 is 1.22 bits per heavy atom. The Morgan fingerprint density at radius 3 is 2.42 bits per heavy atom. The Hall–Kier alpha value is -3.26. The number of hydrogen-bond donors (Lipinski definition) is 6. The van der Waals surface area contributed by atoms with Gasteiger partial charge in [0.15, 0.2) is 11.4 Å². The lowest BCUT2D eigenvalue weighted by Crippen LogP contribution is -2.65. The minimum Gasteiger partial charge on any atom is -0.508 e. The van der Waals surface area contributed by atoms with E-state index in [1.54, 1.807) is 0 Å². The van der Waals surface area contributed by atoms with Crippen LogP contribution in [0.15, 0.2) is 29.0 Å². The number of ketones is 2. The molecule has 3 aliphatic carbocycles. The van der Waals surface area contributed by atoms with Crippen molar-refractivity contribution in [2.24, 2.45) is 17.6 Å². The summed E-state index contributed by atoms with van der Waals surface area (Å²) in [5.74, 6) is -7.35. The Labute approximate surface area is 206 Å². The van der Waals surface area contributed by atoms with Gasteiger partial charge in [-0.25, -0.2) is 13.1 Å². The lowest BCUT2D eigenvalue weighted by molar-refractivity contribution is -0.153. The van der Waals surface area contributed by atoms with Gasteiger partial charge < -0.3 is 26.2 Å². The average molecular weight is 522 g/mol. The van der Waals surface area contributed by atoms with Crippen molar-refractivity contribution in [3.8, 4) is 5.75 Å². The van der Waals surface area contributed by atoms with Crippen LogP contribution in [0, 0.1) is 11.8 Å². The van der Waals surface area contributed by atoms with Crippen molar-refractivity contribution >= 4 is 33.3 Å². The van der Waals surface area contributed by atoms with E-state index in [1.807, 2.05) is 0 Å². The quantitative estimate of drug-likeness (QED) is 0.261. The van der Waals surface area contributed by atoms with Crippen LogP contribution < -0.4 is 10.5 Å². The van der Waals surface area contributed by atoms with Gasteiger partial charge in [0.05, 0.1) is 17.9 Å². The predicted octanol–water partition coefficient (Wildman–Crippen LogP) is -0.987. The first kappa shape index (κ1) is 25.8. The summed E-state index contributed by atoms with van der Waals surface area (Å²) in [6.07, 6.45) is 1.00. The van der Waals surface area contributed by atoms with Crippen molar-refractivity contribution in [3.63, 3.8) is 0 Å². The highest BCUT2D eigenvalue weighted by molar-refractivity contribution is 7.88. The van der Waals surface area contributed by atoms with Crippen LogP contribution in [-0.4, -0.2) is 83.2 Å². The van der Waals surface area contributed by atoms with Crippen LogP contribution >= 0.6 is 0 Å². The number of aliphatic hydroxyl groups excluding tert-OH is 2. The molecule has 0 aliphatic heterocycles. The normalized spacial score (nSPS) is 28.2. The monoisotopic (exact) mass is 521 g/mol. The number of primary amides is 1. The zero-order chi connectivity index (χ0) is 26.9. The molecule has 0 spiro atoms. The van der Waals surface area contributed by atoms with E-state index in [0.717, 1.165) is 6.26 Å². The number of rotatable bonds is 5. The van der Waals surface area contributed by atoms with Gasteiger partial charge in [0.2, 0.25) is 15.8 Å². The first-order valence-corrected chi connectivity index (χ1v) is 12.9. The zero-order valence-corrected chi connectivity index (χ0v) is 20.6. The molecule has 4 atom stereocenters. The van der Waals surface area contributed by atoms with Crippen LogP contribution in [0.4, 0.5) is 0 Å². The number of aromatic hydroxyl groups is 1. The second-order valence-electron chi connectivity index (χ2n) is 9.65. The second-order valence-corrected chi connectivity index (χ2v) is 11.5. The molecule has 12 nitrogen and oxygen atoms in total. The van der Waals surface area contributed by atoms with Gasteiger partial charge in [-0.3, -0.25) is 19.3 Å². The summed E-state index contributed by atoms with van der Waals surface area (Å²) in [6.45, 7) is -0.137. The van der Waals surface area contributed by atoms with Crippen molar-refractivity contribution < 1.29 is 43.2 Å². The van der Waals surface area contributed by atoms with Crippen molar-refractivity contribution in [3.05, 3.63) is 45.7 Å². The lowest BCUT2D eigenvalue weighted by atomic mass is 9.57. The topological polar surface area (TPSA) is 208 Å². The minimum absolute atomic E-state index is 0.0552. The van der Waals surface area contributed by atoms with Gasteiger partial charge in [-0.2, -0.15) is 0 Å². The van der Waals surface area contributed by atoms with Gasteiger partial charge in [0.25, 0.3) is 5.91 Å². The summed E-state index contributed by atoms with van der Waals surface area (Å²) in [6, 6.07) is 1.55. The van der Waals surface area contributed by atoms with E-state index in [-0.39, 0.29) is 36.3 Å². The number of sulfonamides is 1. The van der Waals surface area contributed by atoms with Gasteiger partial charge in [-0.1, -0.05) is 6.07 Å². The maximum absolute atomic E-state index is 13.7. The fourth-order valence-corrected chi connectivity index (χ4v) is 6.10. The molecule has 0 radical (unpaired) electrons.